The molecule has 0 saturated heterocycles. The molecule has 0 spiro atoms. The van der Waals surface area contributed by atoms with E-state index >= 15 is 0 Å². The molecule has 2 aliphatic rings. The number of anilines is 2. The lowest BCUT2D eigenvalue weighted by Gasteiger charge is -2.29. The number of rotatable bonds is 9. The van der Waals surface area contributed by atoms with E-state index in [0.717, 1.165) is 52.8 Å². The van der Waals surface area contributed by atoms with Crippen molar-refractivity contribution in [3.05, 3.63) is 53.3 Å². The highest BCUT2D eigenvalue weighted by molar-refractivity contribution is 7.17. The van der Waals surface area contributed by atoms with Crippen LogP contribution in [-0.4, -0.2) is 45.1 Å². The molecule has 2 aromatic heterocycles. The number of hydrogen-bond acceptors (Lipinski definition) is 7. The van der Waals surface area contributed by atoms with Crippen LogP contribution in [0, 0.1) is 5.92 Å². The Kier molecular flexibility index (Phi) is 7.38. The van der Waals surface area contributed by atoms with Crippen molar-refractivity contribution in [2.45, 2.75) is 65.5 Å². The SMILES string of the molecule is CC(C)/C=C/C(=O)CCCCn1cc(-c2ccc3c(c2)N(c2nc4c(s2)C(=O)NC(C)(C)C4)CCO3)cn1. The minimum Gasteiger partial charge on any atom is -0.490 e. The number of ether oxygens (including phenoxy) is 1. The molecule has 38 heavy (non-hydrogen) atoms. The van der Waals surface area contributed by atoms with E-state index in [0.29, 0.717) is 36.8 Å². The predicted molar refractivity (Wildman–Crippen MR) is 150 cm³/mol. The molecule has 2 aliphatic heterocycles. The maximum atomic E-state index is 12.7. The van der Waals surface area contributed by atoms with Gasteiger partial charge in [-0.2, -0.15) is 5.10 Å². The van der Waals surface area contributed by atoms with Crippen molar-refractivity contribution >= 4 is 33.8 Å². The van der Waals surface area contributed by atoms with E-state index in [1.807, 2.05) is 49.1 Å². The van der Waals surface area contributed by atoms with Gasteiger partial charge >= 0.3 is 0 Å². The van der Waals surface area contributed by atoms with Crippen molar-refractivity contribution < 1.29 is 14.3 Å². The van der Waals surface area contributed by atoms with Gasteiger partial charge in [-0.05, 0) is 56.4 Å². The summed E-state index contributed by atoms with van der Waals surface area (Å²) < 4.78 is 7.88. The number of allylic oxidation sites excluding steroid dienone is 2. The first-order chi connectivity index (χ1) is 18.2. The van der Waals surface area contributed by atoms with Crippen molar-refractivity contribution in [1.82, 2.24) is 20.1 Å². The number of benzene rings is 1. The molecule has 0 unspecified atom stereocenters. The van der Waals surface area contributed by atoms with Crippen LogP contribution in [0.4, 0.5) is 10.8 Å². The van der Waals surface area contributed by atoms with Gasteiger partial charge in [-0.3, -0.25) is 14.3 Å². The first-order valence-electron chi connectivity index (χ1n) is 13.3. The Balaban J connectivity index is 1.28. The molecule has 3 aromatic rings. The minimum atomic E-state index is -0.300. The normalized spacial score (nSPS) is 16.3. The number of carbonyl (C=O) groups excluding carboxylic acids is 2. The van der Waals surface area contributed by atoms with Crippen molar-refractivity contribution in [1.29, 1.82) is 0 Å². The first kappa shape index (κ1) is 26.2. The Labute approximate surface area is 227 Å². The Morgan fingerprint density at radius 2 is 2.11 bits per heavy atom. The molecule has 8 nitrogen and oxygen atoms in total. The zero-order valence-corrected chi connectivity index (χ0v) is 23.3. The van der Waals surface area contributed by atoms with E-state index < -0.39 is 0 Å². The zero-order valence-electron chi connectivity index (χ0n) is 22.5. The summed E-state index contributed by atoms with van der Waals surface area (Å²) in [6.07, 6.45) is 10.6. The van der Waals surface area contributed by atoms with E-state index in [2.05, 4.69) is 35.2 Å². The predicted octanol–water partition coefficient (Wildman–Crippen LogP) is 5.55. The number of hydrogen-bond donors (Lipinski definition) is 1. The quantitative estimate of drug-likeness (QED) is 0.286. The van der Waals surface area contributed by atoms with Gasteiger partial charge in [0.15, 0.2) is 10.9 Å². The Hall–Kier alpha value is -3.46. The molecule has 200 valence electrons. The number of aromatic nitrogens is 3. The van der Waals surface area contributed by atoms with E-state index in [1.54, 1.807) is 6.08 Å². The maximum absolute atomic E-state index is 12.7. The fraction of sp³-hybridized carbons (Fsp3) is 0.448. The summed E-state index contributed by atoms with van der Waals surface area (Å²) in [5.74, 6) is 1.34. The number of thiazole rings is 1. The summed E-state index contributed by atoms with van der Waals surface area (Å²) in [6, 6.07) is 6.15. The third kappa shape index (κ3) is 5.83. The highest BCUT2D eigenvalue weighted by atomic mass is 32.1. The van der Waals surface area contributed by atoms with E-state index in [-0.39, 0.29) is 17.2 Å². The Morgan fingerprint density at radius 1 is 1.26 bits per heavy atom. The number of amides is 1. The highest BCUT2D eigenvalue weighted by Gasteiger charge is 2.34. The molecule has 5 rings (SSSR count). The molecule has 0 atom stereocenters. The maximum Gasteiger partial charge on any atom is 0.263 e. The Morgan fingerprint density at radius 3 is 2.92 bits per heavy atom. The lowest BCUT2D eigenvalue weighted by molar-refractivity contribution is -0.114. The molecule has 1 aromatic carbocycles. The number of unbranched alkanes of at least 4 members (excludes halogenated alkanes) is 1. The van der Waals surface area contributed by atoms with E-state index in [9.17, 15) is 9.59 Å². The van der Waals surface area contributed by atoms with Crippen molar-refractivity contribution in [2.24, 2.45) is 5.92 Å². The van der Waals surface area contributed by atoms with Gasteiger partial charge in [-0.1, -0.05) is 37.3 Å². The fourth-order valence-corrected chi connectivity index (χ4v) is 5.78. The number of ketones is 1. The molecule has 0 radical (unpaired) electrons. The van der Waals surface area contributed by atoms with Gasteiger partial charge in [0.25, 0.3) is 5.91 Å². The number of nitrogens with one attached hydrogen (secondary N) is 1. The minimum absolute atomic E-state index is 0.0500. The molecule has 4 heterocycles. The summed E-state index contributed by atoms with van der Waals surface area (Å²) >= 11 is 1.44. The van der Waals surface area contributed by atoms with Crippen LogP contribution in [0.15, 0.2) is 42.7 Å². The van der Waals surface area contributed by atoms with Gasteiger partial charge < -0.3 is 15.0 Å². The van der Waals surface area contributed by atoms with Gasteiger partial charge in [0.2, 0.25) is 0 Å². The topological polar surface area (TPSA) is 89.4 Å². The second kappa shape index (κ2) is 10.7. The van der Waals surface area contributed by atoms with Crippen molar-refractivity contribution in [2.75, 3.05) is 18.1 Å². The molecule has 0 fully saturated rings. The molecule has 1 N–H and O–H groups in total. The van der Waals surface area contributed by atoms with Gasteiger partial charge in [0.1, 0.15) is 17.2 Å². The monoisotopic (exact) mass is 533 g/mol. The molecular formula is C29H35N5O3S. The third-order valence-electron chi connectivity index (χ3n) is 6.70. The van der Waals surface area contributed by atoms with Crippen LogP contribution in [-0.2, 0) is 17.8 Å². The Bertz CT molecular complexity index is 1370. The molecule has 0 bridgehead atoms. The summed E-state index contributed by atoms with van der Waals surface area (Å²) in [6.45, 7) is 10.2. The van der Waals surface area contributed by atoms with E-state index in [4.69, 9.17) is 9.72 Å². The number of carbonyl (C=O) groups is 2. The van der Waals surface area contributed by atoms with Crippen molar-refractivity contribution in [3.8, 4) is 16.9 Å². The third-order valence-corrected chi connectivity index (χ3v) is 7.82. The molecule has 1 amide bonds. The number of fused-ring (bicyclic) bond motifs is 2. The fourth-order valence-electron chi connectivity index (χ4n) is 4.77. The van der Waals surface area contributed by atoms with Crippen molar-refractivity contribution in [3.63, 3.8) is 0 Å². The summed E-state index contributed by atoms with van der Waals surface area (Å²) in [5, 5.41) is 8.43. The van der Waals surface area contributed by atoms with Crippen LogP contribution in [0.3, 0.4) is 0 Å². The van der Waals surface area contributed by atoms with Crippen LogP contribution in [0.5, 0.6) is 5.75 Å². The molecule has 0 aliphatic carbocycles. The lowest BCUT2D eigenvalue weighted by atomic mass is 9.94. The smallest absolute Gasteiger partial charge is 0.263 e. The molecule has 0 saturated carbocycles. The average Bonchev–Trinajstić information content (AvgIpc) is 3.51. The van der Waals surface area contributed by atoms with Crippen LogP contribution >= 0.6 is 11.3 Å². The van der Waals surface area contributed by atoms with Crippen LogP contribution in [0.25, 0.3) is 11.1 Å². The number of nitrogens with zero attached hydrogens (tertiary/aromatic N) is 4. The van der Waals surface area contributed by atoms with Gasteiger partial charge in [0.05, 0.1) is 24.1 Å². The molecule has 9 heteroatoms. The van der Waals surface area contributed by atoms with Gasteiger partial charge in [-0.15, -0.1) is 0 Å². The number of aryl methyl sites for hydroxylation is 1. The molecular weight excluding hydrogens is 498 g/mol. The zero-order chi connectivity index (χ0) is 26.9. The van der Waals surface area contributed by atoms with Gasteiger partial charge in [-0.25, -0.2) is 4.98 Å². The first-order valence-corrected chi connectivity index (χ1v) is 14.1. The summed E-state index contributed by atoms with van der Waals surface area (Å²) in [5.41, 5.74) is 3.57. The largest absolute Gasteiger partial charge is 0.490 e. The van der Waals surface area contributed by atoms with Crippen LogP contribution < -0.4 is 15.0 Å². The average molecular weight is 534 g/mol. The van der Waals surface area contributed by atoms with Crippen LogP contribution in [0.2, 0.25) is 0 Å². The van der Waals surface area contributed by atoms with Crippen LogP contribution in [0.1, 0.15) is 62.3 Å². The highest BCUT2D eigenvalue weighted by Crippen LogP contribution is 2.42. The second-order valence-electron chi connectivity index (χ2n) is 11.0. The summed E-state index contributed by atoms with van der Waals surface area (Å²) in [7, 11) is 0. The standard InChI is InChI=1S/C29H35N5O3S/c1-19(2)8-10-22(35)7-5-6-12-33-18-21(17-30-33)20-9-11-25-24(15-20)34(13-14-37-25)28-31-23-16-29(3,4)32-27(36)26(23)38-28/h8-11,15,17-19H,5-7,12-14,16H2,1-4H3,(H,32,36)/b10-8+. The van der Waals surface area contributed by atoms with Gasteiger partial charge in [0, 0.05) is 36.7 Å². The lowest BCUT2D eigenvalue weighted by Crippen LogP contribution is -2.48. The summed E-state index contributed by atoms with van der Waals surface area (Å²) in [4.78, 5) is 32.3. The second-order valence-corrected chi connectivity index (χ2v) is 12.0. The van der Waals surface area contributed by atoms with E-state index in [1.165, 1.54) is 11.3 Å².